The van der Waals surface area contributed by atoms with E-state index in [9.17, 15) is 10.1 Å². The van der Waals surface area contributed by atoms with Gasteiger partial charge in [-0.25, -0.2) is 0 Å². The quantitative estimate of drug-likeness (QED) is 0.815. The predicted octanol–water partition coefficient (Wildman–Crippen LogP) is 1.43. The van der Waals surface area contributed by atoms with Gasteiger partial charge in [0, 0.05) is 0 Å². The maximum atomic E-state index is 10.3. The van der Waals surface area contributed by atoms with E-state index in [-0.39, 0.29) is 0 Å². The molecule has 0 aromatic heterocycles. The van der Waals surface area contributed by atoms with Gasteiger partial charge in [0.25, 0.3) is 0 Å². The van der Waals surface area contributed by atoms with Crippen molar-refractivity contribution in [3.05, 3.63) is 28.8 Å². The van der Waals surface area contributed by atoms with Crippen LogP contribution < -0.4 is 5.46 Å². The fourth-order valence-electron chi connectivity index (χ4n) is 1.91. The third-order valence-electron chi connectivity index (χ3n) is 3.85. The van der Waals surface area contributed by atoms with Gasteiger partial charge in [-0.3, -0.25) is 0 Å². The smallest absolute Gasteiger partial charge is 0.423 e. The van der Waals surface area contributed by atoms with Gasteiger partial charge < -0.3 is 14.8 Å². The Hall–Kier alpha value is -1.35. The molecule has 0 aliphatic carbocycles. The third-order valence-corrected chi connectivity index (χ3v) is 3.85. The van der Waals surface area contributed by atoms with Crippen LogP contribution in [0.5, 0.6) is 0 Å². The van der Waals surface area contributed by atoms with Gasteiger partial charge in [0.1, 0.15) is 0 Å². The van der Waals surface area contributed by atoms with E-state index in [2.05, 4.69) is 6.07 Å². The molecule has 0 fully saturated rings. The number of hydrogen-bond acceptors (Lipinski definition) is 4. The van der Waals surface area contributed by atoms with Crippen LogP contribution in [-0.4, -0.2) is 28.5 Å². The van der Waals surface area contributed by atoms with Gasteiger partial charge >= 0.3 is 7.12 Å². The Morgan fingerprint density at radius 2 is 1.60 bits per heavy atom. The first-order valence-electron chi connectivity index (χ1n) is 6.59. The van der Waals surface area contributed by atoms with E-state index >= 15 is 0 Å². The number of nitrogens with zero attached hydrogens (tertiary/aromatic N) is 1. The van der Waals surface area contributed by atoms with Gasteiger partial charge in [-0.05, 0) is 70.3 Å². The summed E-state index contributed by atoms with van der Waals surface area (Å²) in [5.74, 6) is 0. The lowest BCUT2D eigenvalue weighted by Gasteiger charge is -2.38. The maximum absolute atomic E-state index is 10.3. The van der Waals surface area contributed by atoms with Crippen molar-refractivity contribution in [2.75, 3.05) is 0 Å². The van der Waals surface area contributed by atoms with Crippen LogP contribution >= 0.6 is 0 Å². The van der Waals surface area contributed by atoms with E-state index in [1.54, 1.807) is 39.8 Å². The Bertz CT molecular complexity index is 518. The maximum Gasteiger partial charge on any atom is 0.492 e. The summed E-state index contributed by atoms with van der Waals surface area (Å²) >= 11 is 0. The zero-order chi connectivity index (χ0) is 15.7. The summed E-state index contributed by atoms with van der Waals surface area (Å²) in [5.41, 5.74) is 0.766. The van der Waals surface area contributed by atoms with Gasteiger partial charge in [0.2, 0.25) is 0 Å². The van der Waals surface area contributed by atoms with E-state index in [1.165, 1.54) is 0 Å². The van der Waals surface area contributed by atoms with E-state index < -0.39 is 18.3 Å². The van der Waals surface area contributed by atoms with Crippen molar-refractivity contribution in [2.45, 2.75) is 52.7 Å². The van der Waals surface area contributed by atoms with Crippen LogP contribution in [0.2, 0.25) is 0 Å². The van der Waals surface area contributed by atoms with Crippen LogP contribution in [0.15, 0.2) is 12.1 Å². The number of rotatable bonds is 4. The molecule has 20 heavy (non-hydrogen) atoms. The first-order valence-corrected chi connectivity index (χ1v) is 6.59. The SMILES string of the molecule is Cc1cc(C#N)cc(C)c1B(O)OC(C)(C)C(C)(C)O. The fourth-order valence-corrected chi connectivity index (χ4v) is 1.91. The molecule has 0 aliphatic heterocycles. The Morgan fingerprint density at radius 3 is 1.95 bits per heavy atom. The van der Waals surface area contributed by atoms with Crippen LogP contribution in [-0.2, 0) is 4.65 Å². The van der Waals surface area contributed by atoms with E-state index in [0.29, 0.717) is 11.0 Å². The highest BCUT2D eigenvalue weighted by Gasteiger charge is 2.40. The second-order valence-corrected chi connectivity index (χ2v) is 6.18. The molecule has 0 unspecified atom stereocenters. The zero-order valence-electron chi connectivity index (χ0n) is 13.0. The first-order chi connectivity index (χ1) is 8.99. The van der Waals surface area contributed by atoms with Crippen molar-refractivity contribution in [3.63, 3.8) is 0 Å². The standard InChI is InChI=1S/C15H22BNO3/c1-10-7-12(9-17)8-11(2)13(10)16(19)20-15(5,6)14(3,4)18/h7-8,18-19H,1-6H3. The fraction of sp³-hybridized carbons (Fsp3) is 0.533. The minimum atomic E-state index is -1.15. The molecule has 0 amide bonds. The summed E-state index contributed by atoms with van der Waals surface area (Å²) in [6.07, 6.45) is 0. The molecule has 0 spiro atoms. The largest absolute Gasteiger partial charge is 0.492 e. The van der Waals surface area contributed by atoms with E-state index in [0.717, 1.165) is 11.1 Å². The predicted molar refractivity (Wildman–Crippen MR) is 79.7 cm³/mol. The molecular formula is C15H22BNO3. The van der Waals surface area contributed by atoms with Gasteiger partial charge in [-0.1, -0.05) is 0 Å². The second kappa shape index (κ2) is 5.57. The summed E-state index contributed by atoms with van der Waals surface area (Å²) in [4.78, 5) is 0. The molecule has 0 bridgehead atoms. The first kappa shape index (κ1) is 16.7. The highest BCUT2D eigenvalue weighted by atomic mass is 16.5. The minimum absolute atomic E-state index is 0.553. The van der Waals surface area contributed by atoms with Gasteiger partial charge in [-0.2, -0.15) is 5.26 Å². The van der Waals surface area contributed by atoms with Crippen molar-refractivity contribution >= 4 is 12.6 Å². The zero-order valence-corrected chi connectivity index (χ0v) is 13.0. The Balaban J connectivity index is 3.12. The lowest BCUT2D eigenvalue weighted by Crippen LogP contribution is -2.53. The topological polar surface area (TPSA) is 73.5 Å². The molecule has 1 aromatic rings. The van der Waals surface area contributed by atoms with Gasteiger partial charge in [0.15, 0.2) is 0 Å². The summed E-state index contributed by atoms with van der Waals surface area (Å²) in [7, 11) is -1.15. The molecule has 5 heteroatoms. The van der Waals surface area contributed by atoms with Gasteiger partial charge in [-0.15, -0.1) is 0 Å². The average molecular weight is 275 g/mol. The molecule has 108 valence electrons. The molecule has 0 heterocycles. The summed E-state index contributed by atoms with van der Waals surface area (Å²) in [5, 5.41) is 29.3. The Kier molecular flexibility index (Phi) is 4.65. The lowest BCUT2D eigenvalue weighted by molar-refractivity contribution is -0.0982. The number of aryl methyl sites for hydroxylation is 2. The van der Waals surface area contributed by atoms with Crippen LogP contribution in [0.4, 0.5) is 0 Å². The van der Waals surface area contributed by atoms with E-state index in [4.69, 9.17) is 9.92 Å². The van der Waals surface area contributed by atoms with Crippen molar-refractivity contribution in [1.29, 1.82) is 5.26 Å². The summed E-state index contributed by atoms with van der Waals surface area (Å²) in [6.45, 7) is 10.4. The Labute approximate surface area is 121 Å². The molecule has 1 rings (SSSR count). The summed E-state index contributed by atoms with van der Waals surface area (Å²) in [6, 6.07) is 5.51. The normalized spacial score (nSPS) is 12.2. The van der Waals surface area contributed by atoms with Crippen LogP contribution in [0, 0.1) is 25.2 Å². The minimum Gasteiger partial charge on any atom is -0.423 e. The molecule has 1 aromatic carbocycles. The molecule has 0 saturated heterocycles. The van der Waals surface area contributed by atoms with Gasteiger partial charge in [0.05, 0.1) is 22.8 Å². The average Bonchev–Trinajstić information content (AvgIpc) is 2.25. The van der Waals surface area contributed by atoms with Crippen LogP contribution in [0.1, 0.15) is 44.4 Å². The number of benzene rings is 1. The molecule has 0 aliphatic rings. The molecule has 0 atom stereocenters. The number of hydrogen-bond donors (Lipinski definition) is 2. The van der Waals surface area contributed by atoms with Crippen molar-refractivity contribution in [2.24, 2.45) is 0 Å². The monoisotopic (exact) mass is 275 g/mol. The summed E-state index contributed by atoms with van der Waals surface area (Å²) < 4.78 is 5.65. The molecular weight excluding hydrogens is 253 g/mol. The highest BCUT2D eigenvalue weighted by Crippen LogP contribution is 2.25. The van der Waals surface area contributed by atoms with Crippen LogP contribution in [0.25, 0.3) is 0 Å². The van der Waals surface area contributed by atoms with Crippen LogP contribution in [0.3, 0.4) is 0 Å². The number of nitriles is 1. The lowest BCUT2D eigenvalue weighted by atomic mass is 9.71. The molecule has 4 nitrogen and oxygen atoms in total. The third kappa shape index (κ3) is 3.40. The Morgan fingerprint density at radius 1 is 1.15 bits per heavy atom. The van der Waals surface area contributed by atoms with E-state index in [1.807, 2.05) is 13.8 Å². The van der Waals surface area contributed by atoms with Crippen molar-refractivity contribution in [3.8, 4) is 6.07 Å². The highest BCUT2D eigenvalue weighted by molar-refractivity contribution is 6.61. The van der Waals surface area contributed by atoms with Crippen molar-refractivity contribution in [1.82, 2.24) is 0 Å². The molecule has 2 N–H and O–H groups in total. The van der Waals surface area contributed by atoms with Crippen molar-refractivity contribution < 1.29 is 14.8 Å². The second-order valence-electron chi connectivity index (χ2n) is 6.18. The number of aliphatic hydroxyl groups is 1. The molecule has 0 radical (unpaired) electrons. The molecule has 0 saturated carbocycles.